The van der Waals surface area contributed by atoms with E-state index in [0.29, 0.717) is 38.8 Å². The molecule has 174 valence electrons. The van der Waals surface area contributed by atoms with Crippen LogP contribution in [0.1, 0.15) is 43.2 Å². The molecule has 0 aliphatic rings. The van der Waals surface area contributed by atoms with Crippen LogP contribution < -0.4 is 5.32 Å². The minimum Gasteiger partial charge on any atom is -0.506 e. The van der Waals surface area contributed by atoms with Crippen LogP contribution in [-0.2, 0) is 11.6 Å². The van der Waals surface area contributed by atoms with E-state index in [-0.39, 0.29) is 23.0 Å². The summed E-state index contributed by atoms with van der Waals surface area (Å²) >= 11 is 0.340. The van der Waals surface area contributed by atoms with Crippen molar-refractivity contribution in [1.29, 1.82) is 0 Å². The maximum absolute atomic E-state index is 12.6. The zero-order valence-corrected chi connectivity index (χ0v) is 19.8. The Balaban J connectivity index is 1.53. The van der Waals surface area contributed by atoms with Gasteiger partial charge < -0.3 is 14.8 Å². The second-order valence-electron chi connectivity index (χ2n) is 7.59. The van der Waals surface area contributed by atoms with Crippen LogP contribution in [0.3, 0.4) is 0 Å². The lowest BCUT2D eigenvalue weighted by Crippen LogP contribution is -2.13. The summed E-state index contributed by atoms with van der Waals surface area (Å²) in [6.45, 7) is 3.57. The highest BCUT2D eigenvalue weighted by Crippen LogP contribution is 2.22. The molecule has 8 heteroatoms. The first-order valence-corrected chi connectivity index (χ1v) is 11.4. The summed E-state index contributed by atoms with van der Waals surface area (Å²) in [6.07, 6.45) is 4.43. The molecule has 0 aliphatic carbocycles. The first-order chi connectivity index (χ1) is 16.9. The van der Waals surface area contributed by atoms with Crippen molar-refractivity contribution in [3.8, 4) is 17.6 Å². The largest absolute Gasteiger partial charge is 0.506 e. The van der Waals surface area contributed by atoms with E-state index in [9.17, 15) is 14.7 Å². The third kappa shape index (κ3) is 5.72. The Morgan fingerprint density at radius 2 is 1.86 bits per heavy atom. The number of nitrogens with one attached hydrogen (secondary N) is 1. The molecule has 0 atom stereocenters. The van der Waals surface area contributed by atoms with Gasteiger partial charge in [-0.1, -0.05) is 47.7 Å². The Morgan fingerprint density at radius 1 is 1.03 bits per heavy atom. The summed E-state index contributed by atoms with van der Waals surface area (Å²) in [5, 5.41) is 12.9. The third-order valence-electron chi connectivity index (χ3n) is 5.04. The fourth-order valence-electron chi connectivity index (χ4n) is 3.13. The Bertz CT molecular complexity index is 1510. The average molecular weight is 484 g/mol. The minimum atomic E-state index is -0.467. The zero-order chi connectivity index (χ0) is 24.8. The summed E-state index contributed by atoms with van der Waals surface area (Å²) in [6, 6.07) is 15.7. The Labute approximate surface area is 206 Å². The number of aryl methyl sites for hydroxylation is 2. The number of phenols is 1. The van der Waals surface area contributed by atoms with Crippen molar-refractivity contribution in [3.63, 3.8) is 0 Å². The SMILES string of the molecule is Cc1ccoc1C(=O)Nc1ccccc1C#Cc1cncc(C(=O)N=[SH]c2cccc(C)c2O)c1. The maximum atomic E-state index is 12.6. The number of pyridine rings is 1. The molecule has 2 aromatic heterocycles. The van der Waals surface area contributed by atoms with Crippen LogP contribution in [-0.4, -0.2) is 21.9 Å². The quantitative estimate of drug-likeness (QED) is 0.284. The fourth-order valence-corrected chi connectivity index (χ4v) is 3.87. The van der Waals surface area contributed by atoms with Crippen LogP contribution >= 0.6 is 0 Å². The van der Waals surface area contributed by atoms with E-state index in [1.54, 1.807) is 68.6 Å². The van der Waals surface area contributed by atoms with E-state index in [1.165, 1.54) is 12.5 Å². The molecule has 2 N–H and O–H groups in total. The molecule has 0 saturated carbocycles. The number of phenolic OH excluding ortho intramolecular Hbond substituents is 1. The number of hydrogen-bond acceptors (Lipinski definition) is 5. The van der Waals surface area contributed by atoms with E-state index in [2.05, 4.69) is 26.5 Å². The topological polar surface area (TPSA) is 105 Å². The molecule has 0 spiro atoms. The number of rotatable bonds is 4. The highest BCUT2D eigenvalue weighted by Gasteiger charge is 2.14. The predicted octanol–water partition coefficient (Wildman–Crippen LogP) is 4.85. The highest BCUT2D eigenvalue weighted by molar-refractivity contribution is 7.68. The molecule has 4 rings (SSSR count). The van der Waals surface area contributed by atoms with Crippen molar-refractivity contribution in [2.75, 3.05) is 5.32 Å². The number of benzene rings is 2. The monoisotopic (exact) mass is 483 g/mol. The van der Waals surface area contributed by atoms with Crippen molar-refractivity contribution < 1.29 is 19.1 Å². The second kappa shape index (κ2) is 10.6. The van der Waals surface area contributed by atoms with Gasteiger partial charge in [-0.3, -0.25) is 14.6 Å². The minimum absolute atomic E-state index is 0.122. The van der Waals surface area contributed by atoms with E-state index in [1.807, 2.05) is 6.07 Å². The summed E-state index contributed by atoms with van der Waals surface area (Å²) in [7, 11) is 0. The van der Waals surface area contributed by atoms with Gasteiger partial charge in [-0.2, -0.15) is 4.36 Å². The van der Waals surface area contributed by atoms with Gasteiger partial charge in [0, 0.05) is 29.1 Å². The molecule has 0 bridgehead atoms. The van der Waals surface area contributed by atoms with Gasteiger partial charge in [0.2, 0.25) is 0 Å². The summed E-state index contributed by atoms with van der Waals surface area (Å²) in [5.41, 5.74) is 3.39. The maximum Gasteiger partial charge on any atom is 0.291 e. The van der Waals surface area contributed by atoms with E-state index in [4.69, 9.17) is 4.42 Å². The Hall–Kier alpha value is -4.48. The lowest BCUT2D eigenvalue weighted by molar-refractivity contribution is 0.0991. The number of thiol groups is 1. The van der Waals surface area contributed by atoms with Crippen molar-refractivity contribution in [3.05, 3.63) is 107 Å². The summed E-state index contributed by atoms with van der Waals surface area (Å²) in [4.78, 5) is 29.7. The van der Waals surface area contributed by atoms with Gasteiger partial charge in [-0.05, 0) is 49.7 Å². The van der Waals surface area contributed by atoms with E-state index >= 15 is 0 Å². The molecule has 0 fully saturated rings. The van der Waals surface area contributed by atoms with Gasteiger partial charge in [-0.25, -0.2) is 0 Å². The molecular formula is C27H21N3O4S. The zero-order valence-electron chi connectivity index (χ0n) is 18.9. The average Bonchev–Trinajstić information content (AvgIpc) is 3.30. The van der Waals surface area contributed by atoms with Crippen LogP contribution in [0.5, 0.6) is 5.75 Å². The lowest BCUT2D eigenvalue weighted by atomic mass is 10.1. The van der Waals surface area contributed by atoms with E-state index < -0.39 is 5.91 Å². The first-order valence-electron chi connectivity index (χ1n) is 10.6. The Morgan fingerprint density at radius 3 is 2.66 bits per heavy atom. The molecule has 2 aromatic carbocycles. The molecule has 35 heavy (non-hydrogen) atoms. The molecule has 0 radical (unpaired) electrons. The molecule has 7 nitrogen and oxygen atoms in total. The number of hydrogen-bond donors (Lipinski definition) is 3. The van der Waals surface area contributed by atoms with Crippen LogP contribution in [0.2, 0.25) is 0 Å². The number of aromatic hydroxyl groups is 1. The predicted molar refractivity (Wildman–Crippen MR) is 135 cm³/mol. The van der Waals surface area contributed by atoms with Crippen molar-refractivity contribution in [1.82, 2.24) is 4.98 Å². The number of furan rings is 1. The second-order valence-corrected chi connectivity index (χ2v) is 8.47. The van der Waals surface area contributed by atoms with Crippen LogP contribution in [0.25, 0.3) is 0 Å². The van der Waals surface area contributed by atoms with Gasteiger partial charge >= 0.3 is 0 Å². The molecule has 2 heterocycles. The molecule has 0 saturated heterocycles. The Kier molecular flexibility index (Phi) is 7.19. The number of carbonyl (C=O) groups excluding carboxylic acids is 2. The van der Waals surface area contributed by atoms with Crippen LogP contribution in [0.15, 0.2) is 86.9 Å². The van der Waals surface area contributed by atoms with Gasteiger partial charge in [-0.15, -0.1) is 0 Å². The number of nitrogens with zero attached hydrogens (tertiary/aromatic N) is 2. The van der Waals surface area contributed by atoms with Gasteiger partial charge in [0.1, 0.15) is 5.75 Å². The number of carbonyl (C=O) groups is 2. The first kappa shape index (κ1) is 23.7. The normalized spacial score (nSPS) is 10.8. The molecule has 0 unspecified atom stereocenters. The van der Waals surface area contributed by atoms with Crippen molar-refractivity contribution in [2.24, 2.45) is 4.36 Å². The van der Waals surface area contributed by atoms with Crippen LogP contribution in [0.4, 0.5) is 5.69 Å². The summed E-state index contributed by atoms with van der Waals surface area (Å²) < 4.78 is 9.28. The van der Waals surface area contributed by atoms with Crippen LogP contribution in [0, 0.1) is 25.7 Å². The number of aromatic nitrogens is 1. The van der Waals surface area contributed by atoms with Gasteiger partial charge in [0.25, 0.3) is 11.8 Å². The number of para-hydroxylation sites is 2. The standard InChI is InChI=1S/C27H21N3O4S/c1-17-6-5-9-23(24(17)31)35-30-26(32)21-14-19(15-28-16-21)10-11-20-7-3-4-8-22(20)29-27(33)25-18(2)12-13-34-25/h3-9,12-16,31,35H,1-2H3,(H,29,33). The van der Waals surface area contributed by atoms with Gasteiger partial charge in [0.15, 0.2) is 5.76 Å². The van der Waals surface area contributed by atoms with Gasteiger partial charge in [0.05, 0.1) is 22.4 Å². The number of amides is 2. The lowest BCUT2D eigenvalue weighted by Gasteiger charge is -2.06. The van der Waals surface area contributed by atoms with E-state index in [0.717, 1.165) is 5.56 Å². The van der Waals surface area contributed by atoms with Crippen molar-refractivity contribution in [2.45, 2.75) is 18.7 Å². The third-order valence-corrected chi connectivity index (χ3v) is 5.89. The number of anilines is 1. The highest BCUT2D eigenvalue weighted by atomic mass is 32.1. The van der Waals surface area contributed by atoms with Crippen molar-refractivity contribution >= 4 is 29.1 Å². The molecular weight excluding hydrogens is 462 g/mol. The molecule has 0 aliphatic heterocycles. The summed E-state index contributed by atoms with van der Waals surface area (Å²) in [5.74, 6) is 5.53. The smallest absolute Gasteiger partial charge is 0.291 e. The fraction of sp³-hybridized carbons (Fsp3) is 0.0741. The molecule has 4 aromatic rings. The molecule has 2 amide bonds.